The predicted molar refractivity (Wildman–Crippen MR) is 80.0 cm³/mol. The van der Waals surface area contributed by atoms with Gasteiger partial charge in [0, 0.05) is 18.9 Å². The standard InChI is InChI=1S/C16H19N3/c1-12-7-5-6-8-13(12)19-15-11-17-10-9-14(15)18(4)16(19,2)3/h5-11H,1-4H3. The average Bonchev–Trinajstić information content (AvgIpc) is 2.59. The Morgan fingerprint density at radius 1 is 1.00 bits per heavy atom. The van der Waals surface area contributed by atoms with Crippen molar-refractivity contribution in [3.05, 3.63) is 48.3 Å². The average molecular weight is 253 g/mol. The summed E-state index contributed by atoms with van der Waals surface area (Å²) >= 11 is 0. The molecule has 3 heteroatoms. The highest BCUT2D eigenvalue weighted by Gasteiger charge is 2.41. The van der Waals surface area contributed by atoms with E-state index in [9.17, 15) is 0 Å². The van der Waals surface area contributed by atoms with Gasteiger partial charge in [-0.3, -0.25) is 4.98 Å². The summed E-state index contributed by atoms with van der Waals surface area (Å²) in [6, 6.07) is 10.6. The molecule has 1 aromatic carbocycles. The van der Waals surface area contributed by atoms with E-state index in [0.717, 1.165) is 0 Å². The van der Waals surface area contributed by atoms with Gasteiger partial charge in [-0.25, -0.2) is 0 Å². The van der Waals surface area contributed by atoms with E-state index in [1.807, 2.05) is 12.4 Å². The SMILES string of the molecule is Cc1ccccc1N1c2cnccc2N(C)C1(C)C. The van der Waals surface area contributed by atoms with Crippen LogP contribution in [-0.2, 0) is 0 Å². The Hall–Kier alpha value is -2.03. The van der Waals surface area contributed by atoms with Crippen LogP contribution in [0.2, 0.25) is 0 Å². The van der Waals surface area contributed by atoms with Gasteiger partial charge in [0.1, 0.15) is 5.66 Å². The molecular formula is C16H19N3. The van der Waals surface area contributed by atoms with Crippen LogP contribution in [0.15, 0.2) is 42.7 Å². The molecule has 0 saturated heterocycles. The third-order valence-electron chi connectivity index (χ3n) is 4.10. The third kappa shape index (κ3) is 1.61. The lowest BCUT2D eigenvalue weighted by Gasteiger charge is -2.39. The fourth-order valence-electron chi connectivity index (χ4n) is 2.81. The quantitative estimate of drug-likeness (QED) is 0.772. The number of para-hydroxylation sites is 1. The molecule has 0 spiro atoms. The predicted octanol–water partition coefficient (Wildman–Crippen LogP) is 3.71. The van der Waals surface area contributed by atoms with E-state index >= 15 is 0 Å². The molecule has 0 unspecified atom stereocenters. The Kier molecular flexibility index (Phi) is 2.52. The molecule has 0 aliphatic carbocycles. The van der Waals surface area contributed by atoms with E-state index < -0.39 is 0 Å². The fourth-order valence-corrected chi connectivity index (χ4v) is 2.81. The fraction of sp³-hybridized carbons (Fsp3) is 0.312. The lowest BCUT2D eigenvalue weighted by molar-refractivity contribution is 0.521. The molecule has 0 N–H and O–H groups in total. The van der Waals surface area contributed by atoms with E-state index in [1.54, 1.807) is 0 Å². The van der Waals surface area contributed by atoms with Gasteiger partial charge in [0.2, 0.25) is 0 Å². The Labute approximate surface area is 114 Å². The van der Waals surface area contributed by atoms with Gasteiger partial charge >= 0.3 is 0 Å². The summed E-state index contributed by atoms with van der Waals surface area (Å²) in [6.07, 6.45) is 3.81. The molecule has 3 nitrogen and oxygen atoms in total. The summed E-state index contributed by atoms with van der Waals surface area (Å²) in [5.74, 6) is 0. The molecule has 3 rings (SSSR count). The number of nitrogens with zero attached hydrogens (tertiary/aromatic N) is 3. The van der Waals surface area contributed by atoms with Crippen LogP contribution >= 0.6 is 0 Å². The summed E-state index contributed by atoms with van der Waals surface area (Å²) in [4.78, 5) is 8.96. The van der Waals surface area contributed by atoms with Crippen molar-refractivity contribution < 1.29 is 0 Å². The minimum atomic E-state index is -0.0997. The van der Waals surface area contributed by atoms with Crippen LogP contribution in [0.25, 0.3) is 0 Å². The first-order valence-electron chi connectivity index (χ1n) is 6.57. The topological polar surface area (TPSA) is 19.4 Å². The van der Waals surface area contributed by atoms with Gasteiger partial charge in [-0.05, 0) is 38.5 Å². The monoisotopic (exact) mass is 253 g/mol. The van der Waals surface area contributed by atoms with Crippen molar-refractivity contribution in [2.24, 2.45) is 0 Å². The van der Waals surface area contributed by atoms with Crippen molar-refractivity contribution in [2.75, 3.05) is 16.8 Å². The van der Waals surface area contributed by atoms with Crippen LogP contribution < -0.4 is 9.80 Å². The van der Waals surface area contributed by atoms with Gasteiger partial charge in [-0.15, -0.1) is 0 Å². The van der Waals surface area contributed by atoms with Crippen molar-refractivity contribution in [3.8, 4) is 0 Å². The molecule has 19 heavy (non-hydrogen) atoms. The zero-order valence-corrected chi connectivity index (χ0v) is 11.9. The second-order valence-electron chi connectivity index (χ2n) is 5.54. The van der Waals surface area contributed by atoms with E-state index in [0.29, 0.717) is 0 Å². The van der Waals surface area contributed by atoms with Crippen LogP contribution in [0.3, 0.4) is 0 Å². The second kappa shape index (κ2) is 3.98. The maximum Gasteiger partial charge on any atom is 0.112 e. The van der Waals surface area contributed by atoms with Gasteiger partial charge in [0.05, 0.1) is 17.6 Å². The molecule has 0 radical (unpaired) electrons. The zero-order chi connectivity index (χ0) is 13.6. The molecule has 1 aliphatic heterocycles. The first-order chi connectivity index (χ1) is 9.03. The highest BCUT2D eigenvalue weighted by Crippen LogP contribution is 2.48. The Morgan fingerprint density at radius 2 is 1.74 bits per heavy atom. The van der Waals surface area contributed by atoms with E-state index in [4.69, 9.17) is 0 Å². The van der Waals surface area contributed by atoms with E-state index in [2.05, 4.69) is 72.9 Å². The number of aryl methyl sites for hydroxylation is 1. The zero-order valence-electron chi connectivity index (χ0n) is 11.9. The molecule has 0 atom stereocenters. The second-order valence-corrected chi connectivity index (χ2v) is 5.54. The van der Waals surface area contributed by atoms with Gasteiger partial charge in [0.15, 0.2) is 0 Å². The van der Waals surface area contributed by atoms with Gasteiger partial charge in [-0.2, -0.15) is 0 Å². The van der Waals surface area contributed by atoms with E-state index in [-0.39, 0.29) is 5.66 Å². The number of aromatic nitrogens is 1. The number of anilines is 3. The third-order valence-corrected chi connectivity index (χ3v) is 4.10. The first kappa shape index (κ1) is 12.0. The molecule has 0 bridgehead atoms. The first-order valence-corrected chi connectivity index (χ1v) is 6.57. The summed E-state index contributed by atoms with van der Waals surface area (Å²) in [5, 5.41) is 0. The summed E-state index contributed by atoms with van der Waals surface area (Å²) in [6.45, 7) is 6.62. The molecular weight excluding hydrogens is 234 g/mol. The Balaban J connectivity index is 2.23. The highest BCUT2D eigenvalue weighted by molar-refractivity contribution is 5.85. The van der Waals surface area contributed by atoms with E-state index in [1.165, 1.54) is 22.6 Å². The molecule has 0 amide bonds. The van der Waals surface area contributed by atoms with Crippen LogP contribution in [-0.4, -0.2) is 17.7 Å². The van der Waals surface area contributed by atoms with Gasteiger partial charge in [-0.1, -0.05) is 18.2 Å². The molecule has 98 valence electrons. The van der Waals surface area contributed by atoms with Crippen molar-refractivity contribution in [3.63, 3.8) is 0 Å². The smallest absolute Gasteiger partial charge is 0.112 e. The molecule has 2 heterocycles. The number of benzene rings is 1. The van der Waals surface area contributed by atoms with Crippen LogP contribution in [0.5, 0.6) is 0 Å². The number of hydrogen-bond donors (Lipinski definition) is 0. The molecule has 1 aromatic heterocycles. The number of hydrogen-bond acceptors (Lipinski definition) is 3. The maximum absolute atomic E-state index is 4.29. The minimum absolute atomic E-state index is 0.0997. The van der Waals surface area contributed by atoms with Gasteiger partial charge in [0.25, 0.3) is 0 Å². The molecule has 2 aromatic rings. The Morgan fingerprint density at radius 3 is 2.47 bits per heavy atom. The van der Waals surface area contributed by atoms with Crippen LogP contribution in [0, 0.1) is 6.92 Å². The van der Waals surface area contributed by atoms with Crippen molar-refractivity contribution >= 4 is 17.1 Å². The minimum Gasteiger partial charge on any atom is -0.350 e. The summed E-state index contributed by atoms with van der Waals surface area (Å²) in [5.41, 5.74) is 4.82. The van der Waals surface area contributed by atoms with Crippen LogP contribution in [0.4, 0.5) is 17.1 Å². The number of pyridine rings is 1. The number of rotatable bonds is 1. The summed E-state index contributed by atoms with van der Waals surface area (Å²) < 4.78 is 0. The van der Waals surface area contributed by atoms with Crippen molar-refractivity contribution in [2.45, 2.75) is 26.4 Å². The van der Waals surface area contributed by atoms with Crippen molar-refractivity contribution in [1.82, 2.24) is 4.98 Å². The van der Waals surface area contributed by atoms with Crippen molar-refractivity contribution in [1.29, 1.82) is 0 Å². The van der Waals surface area contributed by atoms with Crippen LogP contribution in [0.1, 0.15) is 19.4 Å². The largest absolute Gasteiger partial charge is 0.350 e. The molecule has 0 fully saturated rings. The lowest BCUT2D eigenvalue weighted by Crippen LogP contribution is -2.48. The number of fused-ring (bicyclic) bond motifs is 1. The molecule has 0 saturated carbocycles. The Bertz CT molecular complexity index is 619. The maximum atomic E-state index is 4.29. The highest BCUT2D eigenvalue weighted by atomic mass is 15.4. The normalized spacial score (nSPS) is 16.6. The lowest BCUT2D eigenvalue weighted by atomic mass is 10.1. The summed E-state index contributed by atoms with van der Waals surface area (Å²) in [7, 11) is 2.14. The van der Waals surface area contributed by atoms with Gasteiger partial charge < -0.3 is 9.80 Å². The molecule has 1 aliphatic rings.